The van der Waals surface area contributed by atoms with Gasteiger partial charge in [-0.2, -0.15) is 0 Å². The Kier molecular flexibility index (Phi) is 5.69. The van der Waals surface area contributed by atoms with E-state index in [0.29, 0.717) is 18.8 Å². The molecule has 0 saturated carbocycles. The van der Waals surface area contributed by atoms with Crippen molar-refractivity contribution < 1.29 is 18.1 Å². The van der Waals surface area contributed by atoms with E-state index < -0.39 is 14.9 Å². The van der Waals surface area contributed by atoms with Crippen LogP contribution < -0.4 is 4.72 Å². The smallest absolute Gasteiger partial charge is 0.270 e. The number of morpholine rings is 1. The van der Waals surface area contributed by atoms with Gasteiger partial charge in [0.1, 0.15) is 0 Å². The Labute approximate surface area is 135 Å². The van der Waals surface area contributed by atoms with Crippen LogP contribution in [0.3, 0.4) is 0 Å². The molecular formula is C14H21N3O5S. The highest BCUT2D eigenvalue weighted by atomic mass is 32.2. The van der Waals surface area contributed by atoms with E-state index in [9.17, 15) is 18.5 Å². The Morgan fingerprint density at radius 1 is 1.39 bits per heavy atom. The first-order chi connectivity index (χ1) is 10.8. The van der Waals surface area contributed by atoms with E-state index in [4.69, 9.17) is 4.74 Å². The number of aryl methyl sites for hydroxylation is 1. The van der Waals surface area contributed by atoms with Crippen LogP contribution in [-0.4, -0.2) is 57.1 Å². The van der Waals surface area contributed by atoms with Gasteiger partial charge < -0.3 is 4.74 Å². The van der Waals surface area contributed by atoms with E-state index in [-0.39, 0.29) is 23.2 Å². The highest BCUT2D eigenvalue weighted by Crippen LogP contribution is 2.21. The van der Waals surface area contributed by atoms with E-state index in [1.807, 2.05) is 6.92 Å². The number of non-ortho nitro benzene ring substituents is 1. The predicted octanol–water partition coefficient (Wildman–Crippen LogP) is 0.902. The lowest BCUT2D eigenvalue weighted by atomic mass is 10.2. The molecule has 8 nitrogen and oxygen atoms in total. The summed E-state index contributed by atoms with van der Waals surface area (Å²) in [5.41, 5.74) is 0.235. The third-order valence-electron chi connectivity index (χ3n) is 3.91. The summed E-state index contributed by atoms with van der Waals surface area (Å²) in [7, 11) is -3.79. The number of nitrogens with zero attached hydrogens (tertiary/aromatic N) is 2. The van der Waals surface area contributed by atoms with Crippen LogP contribution in [0.15, 0.2) is 23.1 Å². The minimum atomic E-state index is -3.79. The lowest BCUT2D eigenvalue weighted by molar-refractivity contribution is -0.385. The average molecular weight is 343 g/mol. The molecule has 0 aliphatic carbocycles. The van der Waals surface area contributed by atoms with Gasteiger partial charge in [-0.3, -0.25) is 15.0 Å². The number of sulfonamides is 1. The first-order valence-electron chi connectivity index (χ1n) is 7.38. The minimum Gasteiger partial charge on any atom is -0.379 e. The molecule has 1 aliphatic rings. The van der Waals surface area contributed by atoms with E-state index >= 15 is 0 Å². The molecule has 0 amide bonds. The normalized spacial score (nSPS) is 17.8. The summed E-state index contributed by atoms with van der Waals surface area (Å²) in [6, 6.07) is 3.85. The van der Waals surface area contributed by atoms with Crippen LogP contribution in [0.25, 0.3) is 0 Å². The summed E-state index contributed by atoms with van der Waals surface area (Å²) >= 11 is 0. The molecule has 1 heterocycles. The molecular weight excluding hydrogens is 322 g/mol. The van der Waals surface area contributed by atoms with Gasteiger partial charge >= 0.3 is 0 Å². The van der Waals surface area contributed by atoms with E-state index in [0.717, 1.165) is 19.2 Å². The summed E-state index contributed by atoms with van der Waals surface area (Å²) in [6.45, 7) is 6.60. The summed E-state index contributed by atoms with van der Waals surface area (Å²) in [5, 5.41) is 10.8. The van der Waals surface area contributed by atoms with Gasteiger partial charge in [0.25, 0.3) is 5.69 Å². The molecule has 0 spiro atoms. The Morgan fingerprint density at radius 2 is 2.04 bits per heavy atom. The largest absolute Gasteiger partial charge is 0.379 e. The van der Waals surface area contributed by atoms with Crippen molar-refractivity contribution in [2.24, 2.45) is 0 Å². The fourth-order valence-corrected chi connectivity index (χ4v) is 3.83. The van der Waals surface area contributed by atoms with Crippen molar-refractivity contribution in [3.8, 4) is 0 Å². The Hall–Kier alpha value is -1.55. The van der Waals surface area contributed by atoms with Crippen molar-refractivity contribution in [2.75, 3.05) is 32.8 Å². The standard InChI is InChI=1S/C14H21N3O5S/c1-11-3-4-13(17(18)19)9-14(11)23(20,21)15-10-12(2)16-5-7-22-8-6-16/h3-4,9,12,15H,5-8,10H2,1-2H3/t12-/m0/s1. The number of hydrogen-bond acceptors (Lipinski definition) is 6. The van der Waals surface area contributed by atoms with Gasteiger partial charge in [-0.1, -0.05) is 6.07 Å². The Bertz CT molecular complexity index is 671. The van der Waals surface area contributed by atoms with Crippen molar-refractivity contribution in [1.29, 1.82) is 0 Å². The van der Waals surface area contributed by atoms with Crippen LogP contribution >= 0.6 is 0 Å². The van der Waals surface area contributed by atoms with Crippen molar-refractivity contribution in [1.82, 2.24) is 9.62 Å². The number of rotatable bonds is 6. The fraction of sp³-hybridized carbons (Fsp3) is 0.571. The molecule has 128 valence electrons. The SMILES string of the molecule is Cc1ccc([N+](=O)[O-])cc1S(=O)(=O)NC[C@H](C)N1CCOCC1. The van der Waals surface area contributed by atoms with Crippen molar-refractivity contribution >= 4 is 15.7 Å². The van der Waals surface area contributed by atoms with Gasteiger partial charge in [-0.05, 0) is 19.4 Å². The summed E-state index contributed by atoms with van der Waals surface area (Å²) < 4.78 is 32.7. The van der Waals surface area contributed by atoms with Crippen LogP contribution in [0.2, 0.25) is 0 Å². The molecule has 1 aliphatic heterocycles. The van der Waals surface area contributed by atoms with E-state index in [1.165, 1.54) is 12.1 Å². The maximum atomic E-state index is 12.4. The van der Waals surface area contributed by atoms with Crippen LogP contribution in [0.1, 0.15) is 12.5 Å². The third-order valence-corrected chi connectivity index (χ3v) is 5.48. The Morgan fingerprint density at radius 3 is 2.65 bits per heavy atom. The van der Waals surface area contributed by atoms with Crippen molar-refractivity contribution in [3.63, 3.8) is 0 Å². The van der Waals surface area contributed by atoms with Crippen molar-refractivity contribution in [3.05, 3.63) is 33.9 Å². The minimum absolute atomic E-state index is 0.0210. The number of benzene rings is 1. The molecule has 1 aromatic carbocycles. The first-order valence-corrected chi connectivity index (χ1v) is 8.86. The second kappa shape index (κ2) is 7.35. The number of hydrogen-bond donors (Lipinski definition) is 1. The molecule has 9 heteroatoms. The Balaban J connectivity index is 2.09. The van der Waals surface area contributed by atoms with Gasteiger partial charge in [0.2, 0.25) is 10.0 Å². The van der Waals surface area contributed by atoms with Crippen LogP contribution in [0.4, 0.5) is 5.69 Å². The highest BCUT2D eigenvalue weighted by Gasteiger charge is 2.23. The maximum absolute atomic E-state index is 12.4. The monoisotopic (exact) mass is 343 g/mol. The first kappa shape index (κ1) is 17.8. The van der Waals surface area contributed by atoms with Gasteiger partial charge in [0.15, 0.2) is 0 Å². The van der Waals surface area contributed by atoms with Crippen LogP contribution in [0, 0.1) is 17.0 Å². The van der Waals surface area contributed by atoms with E-state index in [2.05, 4.69) is 9.62 Å². The zero-order valence-electron chi connectivity index (χ0n) is 13.2. The van der Waals surface area contributed by atoms with Gasteiger partial charge in [0.05, 0.1) is 23.0 Å². The zero-order chi connectivity index (χ0) is 17.0. The predicted molar refractivity (Wildman–Crippen MR) is 84.9 cm³/mol. The molecule has 2 rings (SSSR count). The molecule has 1 fully saturated rings. The van der Waals surface area contributed by atoms with Gasteiger partial charge in [0, 0.05) is 37.8 Å². The average Bonchev–Trinajstić information content (AvgIpc) is 2.53. The second-order valence-corrected chi connectivity index (χ2v) is 7.29. The second-order valence-electron chi connectivity index (χ2n) is 5.56. The van der Waals surface area contributed by atoms with Gasteiger partial charge in [-0.25, -0.2) is 13.1 Å². The lowest BCUT2D eigenvalue weighted by Gasteiger charge is -2.32. The summed E-state index contributed by atoms with van der Waals surface area (Å²) in [5.74, 6) is 0. The number of ether oxygens (including phenoxy) is 1. The molecule has 0 unspecified atom stereocenters. The molecule has 23 heavy (non-hydrogen) atoms. The fourth-order valence-electron chi connectivity index (χ4n) is 2.45. The topological polar surface area (TPSA) is 102 Å². The molecule has 1 atom stereocenters. The quantitative estimate of drug-likeness (QED) is 0.608. The molecule has 0 radical (unpaired) electrons. The molecule has 0 bridgehead atoms. The van der Waals surface area contributed by atoms with Gasteiger partial charge in [-0.15, -0.1) is 0 Å². The van der Waals surface area contributed by atoms with Crippen LogP contribution in [0.5, 0.6) is 0 Å². The number of nitrogens with one attached hydrogen (secondary N) is 1. The highest BCUT2D eigenvalue weighted by molar-refractivity contribution is 7.89. The third kappa shape index (κ3) is 4.47. The lowest BCUT2D eigenvalue weighted by Crippen LogP contribution is -2.47. The zero-order valence-corrected chi connectivity index (χ0v) is 14.0. The number of nitro groups is 1. The summed E-state index contributed by atoms with van der Waals surface area (Å²) in [4.78, 5) is 12.3. The molecule has 1 saturated heterocycles. The molecule has 0 aromatic heterocycles. The molecule has 1 N–H and O–H groups in total. The molecule has 1 aromatic rings. The van der Waals surface area contributed by atoms with Crippen LogP contribution in [-0.2, 0) is 14.8 Å². The van der Waals surface area contributed by atoms with E-state index in [1.54, 1.807) is 6.92 Å². The number of nitro benzene ring substituents is 1. The van der Waals surface area contributed by atoms with Crippen molar-refractivity contribution in [2.45, 2.75) is 24.8 Å². The summed E-state index contributed by atoms with van der Waals surface area (Å²) in [6.07, 6.45) is 0. The maximum Gasteiger partial charge on any atom is 0.270 e.